The summed E-state index contributed by atoms with van der Waals surface area (Å²) in [5, 5.41) is 13.5. The second-order valence-electron chi connectivity index (χ2n) is 6.18. The van der Waals surface area contributed by atoms with Crippen molar-refractivity contribution in [2.45, 2.75) is 4.90 Å². The highest BCUT2D eigenvalue weighted by Crippen LogP contribution is 2.25. The molecule has 0 radical (unpaired) electrons. The zero-order valence-electron chi connectivity index (χ0n) is 15.4. The fraction of sp³-hybridized carbons (Fsp3) is 0. The first kappa shape index (κ1) is 20.9. The Morgan fingerprint density at radius 3 is 2.00 bits per heavy atom. The molecule has 152 valence electrons. The molecule has 0 fully saturated rings. The van der Waals surface area contributed by atoms with Gasteiger partial charge in [-0.2, -0.15) is 8.42 Å². The third-order valence-corrected chi connectivity index (χ3v) is 4.99. The number of hydrogen-bond donors (Lipinski definition) is 1. The average Bonchev–Trinajstić information content (AvgIpc) is 2.72. The van der Waals surface area contributed by atoms with Crippen LogP contribution < -0.4 is 5.32 Å². The van der Waals surface area contributed by atoms with Crippen LogP contribution in [0.25, 0.3) is 5.57 Å². The average molecular weight is 426 g/mol. The molecule has 0 atom stereocenters. The predicted molar refractivity (Wildman–Crippen MR) is 110 cm³/mol. The Morgan fingerprint density at radius 2 is 1.47 bits per heavy atom. The van der Waals surface area contributed by atoms with E-state index in [1.807, 2.05) is 6.07 Å². The number of nitrogens with zero attached hydrogens (tertiary/aromatic N) is 1. The van der Waals surface area contributed by atoms with Crippen molar-refractivity contribution in [1.82, 2.24) is 0 Å². The first-order valence-corrected chi connectivity index (χ1v) is 10.00. The molecular formula is C21H15FN2O5S. The van der Waals surface area contributed by atoms with Crippen LogP contribution in [-0.2, 0) is 15.0 Å². The monoisotopic (exact) mass is 426 g/mol. The maximum Gasteiger partial charge on any atom is 0.332 e. The first-order chi connectivity index (χ1) is 14.2. The van der Waals surface area contributed by atoms with Gasteiger partial charge in [-0.15, -0.1) is 3.89 Å². The van der Waals surface area contributed by atoms with Crippen molar-refractivity contribution in [2.75, 3.05) is 5.32 Å². The van der Waals surface area contributed by atoms with Gasteiger partial charge in [-0.25, -0.2) is 0 Å². The van der Waals surface area contributed by atoms with Gasteiger partial charge in [-0.1, -0.05) is 30.3 Å². The summed E-state index contributed by atoms with van der Waals surface area (Å²) in [6.45, 7) is 0. The smallest absolute Gasteiger partial charge is 0.322 e. The summed E-state index contributed by atoms with van der Waals surface area (Å²) < 4.78 is 34.7. The van der Waals surface area contributed by atoms with Crippen molar-refractivity contribution in [2.24, 2.45) is 0 Å². The molecule has 1 amide bonds. The van der Waals surface area contributed by atoms with Crippen LogP contribution in [0.3, 0.4) is 0 Å². The Bertz CT molecular complexity index is 1210. The molecule has 0 saturated carbocycles. The highest BCUT2D eigenvalue weighted by molar-refractivity contribution is 7.86. The van der Waals surface area contributed by atoms with E-state index in [0.717, 1.165) is 17.7 Å². The van der Waals surface area contributed by atoms with Gasteiger partial charge < -0.3 is 5.32 Å². The van der Waals surface area contributed by atoms with Gasteiger partial charge in [0, 0.05) is 23.9 Å². The van der Waals surface area contributed by atoms with Crippen LogP contribution in [0.2, 0.25) is 0 Å². The number of nitrogens with one attached hydrogen (secondary N) is 1. The minimum atomic E-state index is -4.82. The first-order valence-electron chi connectivity index (χ1n) is 8.62. The zero-order valence-corrected chi connectivity index (χ0v) is 16.2. The quantitative estimate of drug-likeness (QED) is 0.273. The van der Waals surface area contributed by atoms with E-state index in [-0.39, 0.29) is 11.4 Å². The van der Waals surface area contributed by atoms with E-state index in [4.69, 9.17) is 0 Å². The molecule has 0 aromatic heterocycles. The van der Waals surface area contributed by atoms with Gasteiger partial charge in [-0.3, -0.25) is 14.9 Å². The minimum absolute atomic E-state index is 0.0708. The molecule has 0 bridgehead atoms. The second-order valence-corrected chi connectivity index (χ2v) is 7.53. The molecule has 7 nitrogen and oxygen atoms in total. The van der Waals surface area contributed by atoms with Crippen LogP contribution in [-0.4, -0.2) is 19.2 Å². The predicted octanol–water partition coefficient (Wildman–Crippen LogP) is 4.32. The number of nitro groups is 1. The molecule has 30 heavy (non-hydrogen) atoms. The number of halogens is 1. The number of non-ortho nitro benzene ring substituents is 1. The van der Waals surface area contributed by atoms with E-state index in [0.29, 0.717) is 11.1 Å². The normalized spacial score (nSPS) is 11.7. The summed E-state index contributed by atoms with van der Waals surface area (Å²) in [6, 6.07) is 19.4. The molecule has 0 aliphatic rings. The molecule has 1 N–H and O–H groups in total. The van der Waals surface area contributed by atoms with Gasteiger partial charge in [-0.05, 0) is 53.1 Å². The minimum Gasteiger partial charge on any atom is -0.322 e. The van der Waals surface area contributed by atoms with E-state index in [1.54, 1.807) is 36.4 Å². The number of amides is 1. The molecule has 9 heteroatoms. The van der Waals surface area contributed by atoms with Crippen molar-refractivity contribution in [1.29, 1.82) is 0 Å². The van der Waals surface area contributed by atoms with Gasteiger partial charge in [0.15, 0.2) is 0 Å². The molecule has 3 rings (SSSR count). The highest BCUT2D eigenvalue weighted by atomic mass is 32.3. The lowest BCUT2D eigenvalue weighted by molar-refractivity contribution is -0.384. The van der Waals surface area contributed by atoms with E-state index in [2.05, 4.69) is 5.32 Å². The number of carbonyl (C=O) groups excluding carboxylic acids is 1. The lowest BCUT2D eigenvalue weighted by Gasteiger charge is -2.09. The van der Waals surface area contributed by atoms with E-state index < -0.39 is 25.9 Å². The number of benzene rings is 3. The maximum atomic E-state index is 13.0. The van der Waals surface area contributed by atoms with Crippen LogP contribution in [0.4, 0.5) is 15.3 Å². The molecule has 3 aromatic carbocycles. The van der Waals surface area contributed by atoms with E-state index in [1.165, 1.54) is 30.3 Å². The molecule has 0 aliphatic carbocycles. The highest BCUT2D eigenvalue weighted by Gasteiger charge is 2.13. The molecule has 3 aromatic rings. The largest absolute Gasteiger partial charge is 0.332 e. The summed E-state index contributed by atoms with van der Waals surface area (Å²) >= 11 is 0. The van der Waals surface area contributed by atoms with Crippen molar-refractivity contribution in [3.63, 3.8) is 0 Å². The molecule has 0 unspecified atom stereocenters. The summed E-state index contributed by atoms with van der Waals surface area (Å²) in [6.07, 6.45) is 1.33. The molecule has 0 heterocycles. The maximum absolute atomic E-state index is 13.0. The van der Waals surface area contributed by atoms with Crippen LogP contribution in [0.1, 0.15) is 11.1 Å². The summed E-state index contributed by atoms with van der Waals surface area (Å²) in [4.78, 5) is 22.4. The second kappa shape index (κ2) is 8.66. The molecule has 0 aliphatic heterocycles. The van der Waals surface area contributed by atoms with Crippen molar-refractivity contribution in [3.8, 4) is 0 Å². The SMILES string of the molecule is O=C(C=C(c1ccccc1)c1ccc([N+](=O)[O-])cc1)Nc1ccc(S(=O)(=O)F)cc1. The van der Waals surface area contributed by atoms with Crippen LogP contribution >= 0.6 is 0 Å². The van der Waals surface area contributed by atoms with Crippen LogP contribution in [0, 0.1) is 10.1 Å². The third-order valence-electron chi connectivity index (χ3n) is 4.15. The third kappa shape index (κ3) is 5.15. The fourth-order valence-corrected chi connectivity index (χ4v) is 3.19. The van der Waals surface area contributed by atoms with Gasteiger partial charge in [0.2, 0.25) is 5.91 Å². The fourth-order valence-electron chi connectivity index (χ4n) is 2.72. The van der Waals surface area contributed by atoms with E-state index in [9.17, 15) is 27.2 Å². The summed E-state index contributed by atoms with van der Waals surface area (Å²) in [7, 11) is -4.82. The van der Waals surface area contributed by atoms with Gasteiger partial charge in [0.05, 0.1) is 9.82 Å². The standard InChI is InChI=1S/C21H15FN2O5S/c22-30(28,29)19-12-8-17(9-13-19)23-21(25)14-20(15-4-2-1-3-5-15)16-6-10-18(11-7-16)24(26)27/h1-14H,(H,23,25). The van der Waals surface area contributed by atoms with Gasteiger partial charge in [0.1, 0.15) is 0 Å². The Morgan fingerprint density at radius 1 is 0.900 bits per heavy atom. The van der Waals surface area contributed by atoms with Gasteiger partial charge in [0.25, 0.3) is 5.69 Å². The zero-order chi connectivity index (χ0) is 21.7. The lowest BCUT2D eigenvalue weighted by atomic mass is 9.97. The number of carbonyl (C=O) groups is 1. The Labute approximate surface area is 171 Å². The van der Waals surface area contributed by atoms with Crippen molar-refractivity contribution < 1.29 is 22.0 Å². The molecular weight excluding hydrogens is 411 g/mol. The summed E-state index contributed by atoms with van der Waals surface area (Å²) in [5.41, 5.74) is 2.06. The molecule has 0 spiro atoms. The lowest BCUT2D eigenvalue weighted by Crippen LogP contribution is -2.09. The van der Waals surface area contributed by atoms with Gasteiger partial charge >= 0.3 is 10.2 Å². The molecule has 0 saturated heterocycles. The topological polar surface area (TPSA) is 106 Å². The summed E-state index contributed by atoms with van der Waals surface area (Å²) in [5.74, 6) is -0.511. The Hall–Kier alpha value is -3.85. The van der Waals surface area contributed by atoms with Crippen LogP contribution in [0.15, 0.2) is 89.8 Å². The number of hydrogen-bond acceptors (Lipinski definition) is 5. The number of anilines is 1. The number of rotatable bonds is 6. The van der Waals surface area contributed by atoms with Crippen molar-refractivity contribution >= 4 is 33.1 Å². The number of nitro benzene ring substituents is 1. The Kier molecular flexibility index (Phi) is 6.03. The Balaban J connectivity index is 1.91. The van der Waals surface area contributed by atoms with Crippen molar-refractivity contribution in [3.05, 3.63) is 106 Å². The van der Waals surface area contributed by atoms with Crippen LogP contribution in [0.5, 0.6) is 0 Å². The van der Waals surface area contributed by atoms with E-state index >= 15 is 0 Å².